The number of pyridine rings is 2. The van der Waals surface area contributed by atoms with Gasteiger partial charge in [-0.15, -0.1) is 33.4 Å². The number of thiophene rings is 2. The molecule has 0 spiro atoms. The van der Waals surface area contributed by atoms with E-state index in [-0.39, 0.29) is 20.1 Å². The Hall–Kier alpha value is -8.17. The van der Waals surface area contributed by atoms with Gasteiger partial charge in [0, 0.05) is 84.6 Å². The fourth-order valence-corrected chi connectivity index (χ4v) is 13.9. The summed E-state index contributed by atoms with van der Waals surface area (Å²) in [5.41, 5.74) is 15.5. The van der Waals surface area contributed by atoms with Gasteiger partial charge in [0.15, 0.2) is 0 Å². The summed E-state index contributed by atoms with van der Waals surface area (Å²) in [5.74, 6) is 0.701. The molecule has 0 N–H and O–H groups in total. The van der Waals surface area contributed by atoms with Crippen molar-refractivity contribution in [2.45, 2.75) is 26.7 Å². The topological polar surface area (TPSA) is 44.5 Å². The van der Waals surface area contributed by atoms with E-state index >= 15 is 0 Å². The maximum absolute atomic E-state index is 4.60. The normalized spacial score (nSPS) is 12.3. The van der Waals surface area contributed by atoms with Gasteiger partial charge in [-0.05, 0) is 125 Å². The van der Waals surface area contributed by atoms with E-state index in [1.165, 1.54) is 119 Å². The molecule has 0 aliphatic rings. The average Bonchev–Trinajstić information content (AvgIpc) is 4.44. The van der Waals surface area contributed by atoms with Crippen LogP contribution in [0.5, 0.6) is 0 Å². The predicted molar refractivity (Wildman–Crippen MR) is 317 cm³/mol. The predicted octanol–water partition coefficient (Wildman–Crippen LogP) is 18.1. The third-order valence-electron chi connectivity index (χ3n) is 15.3. The molecule has 9 heteroatoms. The molecule has 367 valence electrons. The van der Waals surface area contributed by atoms with Gasteiger partial charge in [-0.1, -0.05) is 110 Å². The molecule has 0 aliphatic heterocycles. The third-order valence-corrected chi connectivity index (χ3v) is 17.7. The summed E-state index contributed by atoms with van der Waals surface area (Å²) in [6, 6.07) is 79.1. The van der Waals surface area contributed by atoms with Gasteiger partial charge in [0.25, 0.3) is 0 Å². The molecule has 0 fully saturated rings. The van der Waals surface area contributed by atoms with Crippen molar-refractivity contribution in [3.63, 3.8) is 0 Å². The largest absolute Gasteiger partial charge is 0.309 e. The van der Waals surface area contributed by atoms with E-state index < -0.39 is 0 Å². The van der Waals surface area contributed by atoms with Crippen molar-refractivity contribution in [1.82, 2.24) is 28.4 Å². The van der Waals surface area contributed by atoms with Crippen molar-refractivity contribution in [3.05, 3.63) is 230 Å². The minimum Gasteiger partial charge on any atom is -0.309 e. The molecule has 0 saturated heterocycles. The second-order valence-corrected chi connectivity index (χ2v) is 21.8. The summed E-state index contributed by atoms with van der Waals surface area (Å²) >= 11 is 3.68. The second kappa shape index (κ2) is 18.6. The zero-order chi connectivity index (χ0) is 49.7. The van der Waals surface area contributed by atoms with Gasteiger partial charge >= 0.3 is 0 Å². The Kier molecular flexibility index (Phi) is 11.3. The Labute approximate surface area is 459 Å². The molecule has 0 amide bonds. The summed E-state index contributed by atoms with van der Waals surface area (Å²) in [6.07, 6.45) is 6.09. The number of para-hydroxylation sites is 5. The van der Waals surface area contributed by atoms with E-state index in [0.29, 0.717) is 5.92 Å². The molecular weight excluding hydrogens is 1150 g/mol. The summed E-state index contributed by atoms with van der Waals surface area (Å²) in [5, 5.41) is 19.2. The first-order chi connectivity index (χ1) is 37.1. The Morgan fingerprint density at radius 2 is 0.895 bits per heavy atom. The Balaban J connectivity index is 0.000000138. The van der Waals surface area contributed by atoms with Crippen LogP contribution in [-0.4, -0.2) is 28.4 Å². The quantitative estimate of drug-likeness (QED) is 0.149. The van der Waals surface area contributed by atoms with Gasteiger partial charge < -0.3 is 9.13 Å². The van der Waals surface area contributed by atoms with Crippen LogP contribution in [0.4, 0.5) is 0 Å². The summed E-state index contributed by atoms with van der Waals surface area (Å²) < 4.78 is 11.3. The summed E-state index contributed by atoms with van der Waals surface area (Å²) in [6.45, 7) is 4.59. The maximum Gasteiger partial charge on any atom is 0.0811 e. The van der Waals surface area contributed by atoms with Gasteiger partial charge in [-0.3, -0.25) is 9.03 Å². The van der Waals surface area contributed by atoms with E-state index in [1.807, 2.05) is 56.2 Å². The Morgan fingerprint density at radius 1 is 0.434 bits per heavy atom. The van der Waals surface area contributed by atoms with E-state index in [4.69, 9.17) is 0 Å². The first-order valence-electron chi connectivity index (χ1n) is 25.7. The summed E-state index contributed by atoms with van der Waals surface area (Å²) in [7, 11) is 0. The number of nitrogens with zero attached hydrogens (tertiary/aromatic N) is 6. The van der Waals surface area contributed by atoms with Crippen LogP contribution in [-0.2, 0) is 26.5 Å². The van der Waals surface area contributed by atoms with Crippen LogP contribution in [0.1, 0.15) is 25.8 Å². The van der Waals surface area contributed by atoms with Crippen molar-refractivity contribution in [3.8, 4) is 32.3 Å². The van der Waals surface area contributed by atoms with E-state index in [0.717, 1.165) is 28.5 Å². The van der Waals surface area contributed by atoms with Gasteiger partial charge in [0.05, 0.1) is 33.1 Å². The van der Waals surface area contributed by atoms with Crippen LogP contribution in [0, 0.1) is 18.1 Å². The number of fused-ring (bicyclic) bond motifs is 18. The molecule has 16 rings (SSSR count). The first-order valence-corrected chi connectivity index (χ1v) is 27.3. The molecule has 8 aromatic carbocycles. The van der Waals surface area contributed by atoms with Gasteiger partial charge in [0.2, 0.25) is 0 Å². The van der Waals surface area contributed by atoms with E-state index in [2.05, 4.69) is 233 Å². The number of aromatic nitrogens is 6. The van der Waals surface area contributed by atoms with Crippen LogP contribution in [0.15, 0.2) is 213 Å². The molecule has 16 aromatic rings. The third kappa shape index (κ3) is 7.36. The van der Waals surface area contributed by atoms with Crippen LogP contribution < -0.4 is 0 Å². The van der Waals surface area contributed by atoms with Gasteiger partial charge in [-0.25, -0.2) is 0 Å². The molecular formula is C67H46IrN6S2-2. The minimum absolute atomic E-state index is 0. The average molecular weight is 1190 g/mol. The fraction of sp³-hybridized carbons (Fsp3) is 0.0746. The second-order valence-electron chi connectivity index (χ2n) is 19.7. The van der Waals surface area contributed by atoms with Crippen molar-refractivity contribution in [2.24, 2.45) is 5.92 Å². The molecule has 76 heavy (non-hydrogen) atoms. The first kappa shape index (κ1) is 46.4. The van der Waals surface area contributed by atoms with Crippen LogP contribution in [0.2, 0.25) is 0 Å². The van der Waals surface area contributed by atoms with E-state index in [9.17, 15) is 0 Å². The number of benzene rings is 8. The van der Waals surface area contributed by atoms with Crippen LogP contribution >= 0.6 is 22.7 Å². The molecule has 1 unspecified atom stereocenters. The minimum atomic E-state index is 0. The molecule has 8 aromatic heterocycles. The van der Waals surface area contributed by atoms with Crippen molar-refractivity contribution >= 4 is 119 Å². The fourth-order valence-electron chi connectivity index (χ4n) is 11.5. The molecule has 1 radical (unpaired) electrons. The molecule has 0 aliphatic carbocycles. The molecule has 1 atom stereocenters. The zero-order valence-electron chi connectivity index (χ0n) is 41.5. The molecule has 8 heterocycles. The zero-order valence-corrected chi connectivity index (χ0v) is 45.6. The SMILES string of the molecule is CCC(C)Cc1ccc(-n2c3ccccc3c3cc(-c4cc5c6ccc[c-]c6n6nccc6c5s4)ccc32)cc1.[Ir].[c-]1cccc2c3cc(-c4ccc5c(c4)c4ccccc4n5-c4ccccc4)sc3c3ccnn3c12. The van der Waals surface area contributed by atoms with Gasteiger partial charge in [-0.2, -0.15) is 58.7 Å². The number of hydrogen-bond donors (Lipinski definition) is 0. The van der Waals surface area contributed by atoms with Crippen molar-refractivity contribution < 1.29 is 20.1 Å². The molecule has 6 nitrogen and oxygen atoms in total. The van der Waals surface area contributed by atoms with Crippen LogP contribution in [0.25, 0.3) is 129 Å². The van der Waals surface area contributed by atoms with Gasteiger partial charge in [0.1, 0.15) is 0 Å². The van der Waals surface area contributed by atoms with E-state index in [1.54, 1.807) is 0 Å². The van der Waals surface area contributed by atoms with Crippen molar-refractivity contribution in [2.75, 3.05) is 0 Å². The van der Waals surface area contributed by atoms with Crippen molar-refractivity contribution in [1.29, 1.82) is 0 Å². The Morgan fingerprint density at radius 3 is 1.41 bits per heavy atom. The maximum atomic E-state index is 4.60. The Bertz CT molecular complexity index is 4880. The van der Waals surface area contributed by atoms with Crippen LogP contribution in [0.3, 0.4) is 0 Å². The molecule has 0 bridgehead atoms. The summed E-state index contributed by atoms with van der Waals surface area (Å²) in [4.78, 5) is 2.53. The smallest absolute Gasteiger partial charge is 0.0811 e. The monoisotopic (exact) mass is 1190 g/mol. The number of hydrogen-bond acceptors (Lipinski definition) is 4. The molecule has 0 saturated carbocycles. The number of rotatable bonds is 7. The standard InChI is InChI=1S/C36H28N3S.C31H18N3S.Ir/c1-3-23(2)20-24-12-15-26(16-13-24)38-31-10-6-4-8-27(31)29-21-25(14-17-32(29)38)35-22-30-28-9-5-7-11-33(28)39-34(18-19-37-39)36(30)40-35;1-2-8-21(9-3-1)33-26-12-6-4-10-22(26)24-18-20(14-15-27(24)33)30-19-25-23-11-5-7-13-28(23)34-29(16-17-32-34)31(25)35-30;/h4-10,12-19,21-23H,3,20H2,1-2H3;1-12,14-19H;/q2*-1;.